The quantitative estimate of drug-likeness (QED) is 0.823. The smallest absolute Gasteiger partial charge is 0.251 e. The zero-order chi connectivity index (χ0) is 14.3. The Bertz CT molecular complexity index is 455. The van der Waals surface area contributed by atoms with Gasteiger partial charge in [-0.15, -0.1) is 0 Å². The maximum Gasteiger partial charge on any atom is 0.251 e. The second-order valence-electron chi connectivity index (χ2n) is 4.67. The zero-order valence-electron chi connectivity index (χ0n) is 11.9. The molecule has 0 unspecified atom stereocenters. The molecule has 0 fully saturated rings. The van der Waals surface area contributed by atoms with Gasteiger partial charge in [-0.1, -0.05) is 24.6 Å². The van der Waals surface area contributed by atoms with E-state index in [1.165, 1.54) is 0 Å². The summed E-state index contributed by atoms with van der Waals surface area (Å²) in [6.45, 7) is 6.91. The molecule has 4 nitrogen and oxygen atoms in total. The van der Waals surface area contributed by atoms with E-state index in [9.17, 15) is 9.59 Å². The monoisotopic (exact) mass is 262 g/mol. The van der Waals surface area contributed by atoms with Crippen molar-refractivity contribution >= 4 is 11.8 Å². The SMILES string of the molecule is CCCNC(=O)CCNC(=O)c1cc(C)ccc1C. The minimum absolute atomic E-state index is 0.0249. The molecule has 2 N–H and O–H groups in total. The van der Waals surface area contributed by atoms with E-state index in [0.29, 0.717) is 25.1 Å². The lowest BCUT2D eigenvalue weighted by atomic mass is 10.1. The summed E-state index contributed by atoms with van der Waals surface area (Å²) in [5.74, 6) is -0.146. The summed E-state index contributed by atoms with van der Waals surface area (Å²) < 4.78 is 0. The minimum atomic E-state index is -0.121. The molecule has 4 heteroatoms. The van der Waals surface area contributed by atoms with E-state index in [4.69, 9.17) is 0 Å². The van der Waals surface area contributed by atoms with Crippen LogP contribution in [0.1, 0.15) is 41.3 Å². The Kier molecular flexibility index (Phi) is 6.06. The van der Waals surface area contributed by atoms with Crippen LogP contribution >= 0.6 is 0 Å². The van der Waals surface area contributed by atoms with E-state index < -0.39 is 0 Å². The Morgan fingerprint density at radius 3 is 2.53 bits per heavy atom. The highest BCUT2D eigenvalue weighted by Gasteiger charge is 2.09. The van der Waals surface area contributed by atoms with Gasteiger partial charge in [0.25, 0.3) is 5.91 Å². The Hall–Kier alpha value is -1.84. The molecule has 0 heterocycles. The van der Waals surface area contributed by atoms with E-state index in [-0.39, 0.29) is 11.8 Å². The molecule has 2 amide bonds. The molecule has 0 saturated carbocycles. The van der Waals surface area contributed by atoms with Gasteiger partial charge in [0.05, 0.1) is 0 Å². The number of benzene rings is 1. The van der Waals surface area contributed by atoms with E-state index in [1.807, 2.05) is 39.0 Å². The number of carbonyl (C=O) groups excluding carboxylic acids is 2. The topological polar surface area (TPSA) is 58.2 Å². The van der Waals surface area contributed by atoms with Crippen molar-refractivity contribution in [3.8, 4) is 0 Å². The van der Waals surface area contributed by atoms with Crippen LogP contribution in [0.2, 0.25) is 0 Å². The van der Waals surface area contributed by atoms with Crippen molar-refractivity contribution in [3.05, 3.63) is 34.9 Å². The maximum atomic E-state index is 12.0. The van der Waals surface area contributed by atoms with Gasteiger partial charge >= 0.3 is 0 Å². The van der Waals surface area contributed by atoms with Crippen molar-refractivity contribution in [2.75, 3.05) is 13.1 Å². The highest BCUT2D eigenvalue weighted by molar-refractivity contribution is 5.96. The van der Waals surface area contributed by atoms with Crippen molar-refractivity contribution in [3.63, 3.8) is 0 Å². The summed E-state index contributed by atoms with van der Waals surface area (Å²) in [7, 11) is 0. The zero-order valence-corrected chi connectivity index (χ0v) is 11.9. The van der Waals surface area contributed by atoms with Crippen molar-refractivity contribution in [1.82, 2.24) is 10.6 Å². The van der Waals surface area contributed by atoms with Crippen molar-refractivity contribution < 1.29 is 9.59 Å². The van der Waals surface area contributed by atoms with Crippen molar-refractivity contribution in [2.45, 2.75) is 33.6 Å². The van der Waals surface area contributed by atoms with E-state index >= 15 is 0 Å². The van der Waals surface area contributed by atoms with E-state index in [0.717, 1.165) is 17.5 Å². The lowest BCUT2D eigenvalue weighted by molar-refractivity contribution is -0.120. The third-order valence-electron chi connectivity index (χ3n) is 2.85. The van der Waals surface area contributed by atoms with Crippen LogP contribution in [0, 0.1) is 13.8 Å². The van der Waals surface area contributed by atoms with Crippen LogP contribution in [-0.4, -0.2) is 24.9 Å². The molecule has 1 aromatic rings. The maximum absolute atomic E-state index is 12.0. The van der Waals surface area contributed by atoms with Gasteiger partial charge in [0.1, 0.15) is 0 Å². The molecule has 19 heavy (non-hydrogen) atoms. The van der Waals surface area contributed by atoms with E-state index in [2.05, 4.69) is 10.6 Å². The number of hydrogen-bond acceptors (Lipinski definition) is 2. The molecule has 0 aliphatic heterocycles. The second-order valence-corrected chi connectivity index (χ2v) is 4.67. The van der Waals surface area contributed by atoms with Gasteiger partial charge in [-0.05, 0) is 31.9 Å². The van der Waals surface area contributed by atoms with Crippen LogP contribution in [0.15, 0.2) is 18.2 Å². The molecule has 0 aliphatic carbocycles. The fraction of sp³-hybridized carbons (Fsp3) is 0.467. The fourth-order valence-electron chi connectivity index (χ4n) is 1.72. The third-order valence-corrected chi connectivity index (χ3v) is 2.85. The Labute approximate surface area is 114 Å². The van der Waals surface area contributed by atoms with E-state index in [1.54, 1.807) is 0 Å². The van der Waals surface area contributed by atoms with Gasteiger partial charge in [-0.2, -0.15) is 0 Å². The molecule has 0 aromatic heterocycles. The lowest BCUT2D eigenvalue weighted by Gasteiger charge is -2.08. The first-order valence-corrected chi connectivity index (χ1v) is 6.66. The first-order chi connectivity index (χ1) is 9.04. The Morgan fingerprint density at radius 2 is 1.84 bits per heavy atom. The molecule has 0 atom stereocenters. The summed E-state index contributed by atoms with van der Waals surface area (Å²) in [4.78, 5) is 23.3. The first-order valence-electron chi connectivity index (χ1n) is 6.66. The standard InChI is InChI=1S/C15H22N2O2/c1-4-8-16-14(18)7-9-17-15(19)13-10-11(2)5-6-12(13)3/h5-6,10H,4,7-9H2,1-3H3,(H,16,18)(H,17,19). The predicted molar refractivity (Wildman–Crippen MR) is 76.2 cm³/mol. The molecule has 0 bridgehead atoms. The largest absolute Gasteiger partial charge is 0.356 e. The fourth-order valence-corrected chi connectivity index (χ4v) is 1.72. The van der Waals surface area contributed by atoms with Crippen LogP contribution in [-0.2, 0) is 4.79 Å². The van der Waals surface area contributed by atoms with Gasteiger partial charge < -0.3 is 10.6 Å². The molecule has 1 aromatic carbocycles. The molecular formula is C15H22N2O2. The molecule has 0 spiro atoms. The van der Waals surface area contributed by atoms with Crippen LogP contribution < -0.4 is 10.6 Å². The average Bonchev–Trinajstić information content (AvgIpc) is 2.39. The van der Waals surface area contributed by atoms with Gasteiger partial charge in [0.2, 0.25) is 5.91 Å². The number of carbonyl (C=O) groups is 2. The number of hydrogen-bond donors (Lipinski definition) is 2. The first kappa shape index (κ1) is 15.2. The number of rotatable bonds is 6. The molecule has 104 valence electrons. The summed E-state index contributed by atoms with van der Waals surface area (Å²) in [6.07, 6.45) is 1.23. The summed E-state index contributed by atoms with van der Waals surface area (Å²) in [5, 5.41) is 5.55. The molecule has 0 radical (unpaired) electrons. The molecule has 0 saturated heterocycles. The lowest BCUT2D eigenvalue weighted by Crippen LogP contribution is -2.31. The number of nitrogens with one attached hydrogen (secondary N) is 2. The van der Waals surface area contributed by atoms with Gasteiger partial charge in [-0.3, -0.25) is 9.59 Å². The molecule has 1 rings (SSSR count). The highest BCUT2D eigenvalue weighted by atomic mass is 16.2. The van der Waals surface area contributed by atoms with Crippen LogP contribution in [0.5, 0.6) is 0 Å². The van der Waals surface area contributed by atoms with Crippen LogP contribution in [0.3, 0.4) is 0 Å². The number of amides is 2. The molecule has 0 aliphatic rings. The molecular weight excluding hydrogens is 240 g/mol. The van der Waals surface area contributed by atoms with Crippen LogP contribution in [0.4, 0.5) is 0 Å². The second kappa shape index (κ2) is 7.56. The minimum Gasteiger partial charge on any atom is -0.356 e. The normalized spacial score (nSPS) is 10.1. The van der Waals surface area contributed by atoms with Gasteiger partial charge in [0.15, 0.2) is 0 Å². The summed E-state index contributed by atoms with van der Waals surface area (Å²) >= 11 is 0. The van der Waals surface area contributed by atoms with Gasteiger partial charge in [-0.25, -0.2) is 0 Å². The predicted octanol–water partition coefficient (Wildman–Crippen LogP) is 1.95. The Balaban J connectivity index is 2.43. The summed E-state index contributed by atoms with van der Waals surface area (Å²) in [5.41, 5.74) is 2.67. The third kappa shape index (κ3) is 5.12. The Morgan fingerprint density at radius 1 is 1.11 bits per heavy atom. The average molecular weight is 262 g/mol. The van der Waals surface area contributed by atoms with Crippen LogP contribution in [0.25, 0.3) is 0 Å². The number of aryl methyl sites for hydroxylation is 2. The van der Waals surface area contributed by atoms with Gasteiger partial charge in [0, 0.05) is 25.1 Å². The van der Waals surface area contributed by atoms with Crippen molar-refractivity contribution in [2.24, 2.45) is 0 Å². The summed E-state index contributed by atoms with van der Waals surface area (Å²) in [6, 6.07) is 5.77. The van der Waals surface area contributed by atoms with Crippen molar-refractivity contribution in [1.29, 1.82) is 0 Å². The highest BCUT2D eigenvalue weighted by Crippen LogP contribution is 2.10.